The van der Waals surface area contributed by atoms with Gasteiger partial charge < -0.3 is 14.8 Å². The van der Waals surface area contributed by atoms with Gasteiger partial charge in [-0.3, -0.25) is 19.7 Å². The summed E-state index contributed by atoms with van der Waals surface area (Å²) >= 11 is 0. The second-order valence-electron chi connectivity index (χ2n) is 7.37. The summed E-state index contributed by atoms with van der Waals surface area (Å²) < 4.78 is 1.51. The van der Waals surface area contributed by atoms with Crippen LogP contribution in [0.5, 0.6) is 0 Å². The fourth-order valence-electron chi connectivity index (χ4n) is 4.04. The SMILES string of the molecule is O=C1c2ccccc2-c2c1c1ccc([N+](=O)[O-])cc1c(=O)n2CCCCC(O)CO. The lowest BCUT2D eigenvalue weighted by atomic mass is 10.0. The van der Waals surface area contributed by atoms with Crippen molar-refractivity contribution in [1.29, 1.82) is 0 Å². The molecular weight excluding hydrogens is 388 g/mol. The third-order valence-corrected chi connectivity index (χ3v) is 5.50. The largest absolute Gasteiger partial charge is 0.394 e. The number of hydrogen-bond donors (Lipinski definition) is 2. The number of hydrogen-bond acceptors (Lipinski definition) is 6. The Hall–Kier alpha value is -3.36. The van der Waals surface area contributed by atoms with Crippen LogP contribution in [0.1, 0.15) is 35.2 Å². The molecule has 2 N–H and O–H groups in total. The number of carbonyl (C=O) groups excluding carboxylic acids is 1. The Bertz CT molecular complexity index is 1230. The van der Waals surface area contributed by atoms with Crippen LogP contribution in [0.4, 0.5) is 5.69 Å². The minimum Gasteiger partial charge on any atom is -0.394 e. The van der Waals surface area contributed by atoms with Crippen molar-refractivity contribution < 1.29 is 19.9 Å². The van der Waals surface area contributed by atoms with Gasteiger partial charge in [0.15, 0.2) is 5.78 Å². The molecule has 0 saturated carbocycles. The molecule has 0 bridgehead atoms. The highest BCUT2D eigenvalue weighted by Crippen LogP contribution is 2.39. The summed E-state index contributed by atoms with van der Waals surface area (Å²) in [5, 5.41) is 30.2. The van der Waals surface area contributed by atoms with Crippen molar-refractivity contribution in [3.05, 3.63) is 74.1 Å². The van der Waals surface area contributed by atoms with Crippen LogP contribution >= 0.6 is 0 Å². The topological polar surface area (TPSA) is 123 Å². The van der Waals surface area contributed by atoms with Crippen LogP contribution in [0.15, 0.2) is 47.3 Å². The van der Waals surface area contributed by atoms with Gasteiger partial charge in [0.25, 0.3) is 11.2 Å². The summed E-state index contributed by atoms with van der Waals surface area (Å²) in [6.45, 7) is -0.0313. The number of nitrogens with zero attached hydrogens (tertiary/aromatic N) is 2. The molecule has 0 aliphatic heterocycles. The monoisotopic (exact) mass is 408 g/mol. The van der Waals surface area contributed by atoms with E-state index in [-0.39, 0.29) is 29.0 Å². The van der Waals surface area contributed by atoms with Gasteiger partial charge in [0.2, 0.25) is 0 Å². The normalized spacial score (nSPS) is 13.3. The lowest BCUT2D eigenvalue weighted by Gasteiger charge is -2.15. The fourth-order valence-corrected chi connectivity index (χ4v) is 4.04. The summed E-state index contributed by atoms with van der Waals surface area (Å²) in [4.78, 5) is 37.1. The molecule has 8 heteroatoms. The average Bonchev–Trinajstić information content (AvgIpc) is 3.05. The number of benzene rings is 2. The molecule has 1 aromatic heterocycles. The van der Waals surface area contributed by atoms with E-state index in [4.69, 9.17) is 5.11 Å². The fraction of sp³-hybridized carbons (Fsp3) is 0.273. The molecule has 1 aliphatic carbocycles. The van der Waals surface area contributed by atoms with Crippen LogP contribution in [0.2, 0.25) is 0 Å². The standard InChI is InChI=1S/C22H20N2O6/c25-12-14(26)5-3-4-10-23-20-16-6-1-2-7-17(16)21(27)19(20)15-9-8-13(24(29)30)11-18(15)22(23)28/h1-2,6-9,11,14,25-26H,3-5,10,12H2. The van der Waals surface area contributed by atoms with E-state index >= 15 is 0 Å². The number of ketones is 1. The number of pyridine rings is 1. The molecule has 2 aromatic carbocycles. The van der Waals surface area contributed by atoms with Crippen LogP contribution < -0.4 is 5.56 Å². The highest BCUT2D eigenvalue weighted by Gasteiger charge is 2.32. The van der Waals surface area contributed by atoms with Gasteiger partial charge >= 0.3 is 0 Å². The van der Waals surface area contributed by atoms with Gasteiger partial charge in [-0.1, -0.05) is 24.3 Å². The highest BCUT2D eigenvalue weighted by molar-refractivity contribution is 6.26. The molecule has 0 spiro atoms. The summed E-state index contributed by atoms with van der Waals surface area (Å²) in [7, 11) is 0. The van der Waals surface area contributed by atoms with E-state index in [2.05, 4.69) is 0 Å². The van der Waals surface area contributed by atoms with E-state index in [0.717, 1.165) is 0 Å². The van der Waals surface area contributed by atoms with E-state index in [0.29, 0.717) is 53.6 Å². The molecule has 1 aliphatic rings. The first-order valence-corrected chi connectivity index (χ1v) is 9.72. The molecule has 30 heavy (non-hydrogen) atoms. The molecule has 1 heterocycles. The quantitative estimate of drug-likeness (QED) is 0.275. The van der Waals surface area contributed by atoms with Crippen LogP contribution in [0, 0.1) is 10.1 Å². The van der Waals surface area contributed by atoms with Gasteiger partial charge in [-0.25, -0.2) is 0 Å². The Kier molecular flexibility index (Phi) is 5.19. The number of rotatable bonds is 7. The zero-order chi connectivity index (χ0) is 21.4. The lowest BCUT2D eigenvalue weighted by Crippen LogP contribution is -2.24. The third kappa shape index (κ3) is 3.20. The molecule has 8 nitrogen and oxygen atoms in total. The minimum absolute atomic E-state index is 0.138. The van der Waals surface area contributed by atoms with Gasteiger partial charge in [0, 0.05) is 35.2 Å². The molecule has 1 unspecified atom stereocenters. The average molecular weight is 408 g/mol. The van der Waals surface area contributed by atoms with Crippen LogP contribution in [-0.4, -0.2) is 38.2 Å². The Morgan fingerprint density at radius 1 is 1.03 bits per heavy atom. The maximum absolute atomic E-state index is 13.3. The van der Waals surface area contributed by atoms with Gasteiger partial charge in [0.1, 0.15) is 0 Å². The molecule has 0 amide bonds. The van der Waals surface area contributed by atoms with Crippen molar-refractivity contribution in [3.8, 4) is 11.3 Å². The molecule has 154 valence electrons. The van der Waals surface area contributed by atoms with Crippen LogP contribution in [0.25, 0.3) is 22.0 Å². The van der Waals surface area contributed by atoms with E-state index in [1.165, 1.54) is 22.8 Å². The van der Waals surface area contributed by atoms with Crippen molar-refractivity contribution in [1.82, 2.24) is 4.57 Å². The second-order valence-corrected chi connectivity index (χ2v) is 7.37. The van der Waals surface area contributed by atoms with E-state index in [1.807, 2.05) is 0 Å². The first-order valence-electron chi connectivity index (χ1n) is 9.72. The van der Waals surface area contributed by atoms with Gasteiger partial charge in [-0.2, -0.15) is 0 Å². The highest BCUT2D eigenvalue weighted by atomic mass is 16.6. The number of carbonyl (C=O) groups is 1. The third-order valence-electron chi connectivity index (χ3n) is 5.50. The molecular formula is C22H20N2O6. The molecule has 3 aromatic rings. The maximum atomic E-state index is 13.3. The number of aromatic nitrogens is 1. The summed E-state index contributed by atoms with van der Waals surface area (Å²) in [6, 6.07) is 11.1. The Balaban J connectivity index is 1.89. The van der Waals surface area contributed by atoms with E-state index in [9.17, 15) is 24.8 Å². The van der Waals surface area contributed by atoms with Crippen LogP contribution in [0.3, 0.4) is 0 Å². The summed E-state index contributed by atoms with van der Waals surface area (Å²) in [5.74, 6) is -0.205. The van der Waals surface area contributed by atoms with E-state index < -0.39 is 11.0 Å². The van der Waals surface area contributed by atoms with E-state index in [1.54, 1.807) is 24.3 Å². The molecule has 1 atom stereocenters. The number of fused-ring (bicyclic) bond motifs is 5. The zero-order valence-corrected chi connectivity index (χ0v) is 16.1. The molecule has 4 rings (SSSR count). The molecule has 0 saturated heterocycles. The van der Waals surface area contributed by atoms with Crippen molar-refractivity contribution in [3.63, 3.8) is 0 Å². The maximum Gasteiger partial charge on any atom is 0.270 e. The number of non-ortho nitro benzene ring substituents is 1. The molecule has 0 radical (unpaired) electrons. The number of aliphatic hydroxyl groups excluding tert-OH is 2. The predicted molar refractivity (Wildman–Crippen MR) is 111 cm³/mol. The smallest absolute Gasteiger partial charge is 0.270 e. The van der Waals surface area contributed by atoms with Gasteiger partial charge in [-0.05, 0) is 25.3 Å². The first kappa shape index (κ1) is 19.9. The Morgan fingerprint density at radius 2 is 1.77 bits per heavy atom. The summed E-state index contributed by atoms with van der Waals surface area (Å²) in [5.41, 5.74) is 1.49. The minimum atomic E-state index is -0.811. The van der Waals surface area contributed by atoms with Gasteiger partial charge in [0.05, 0.1) is 34.3 Å². The Morgan fingerprint density at radius 3 is 2.47 bits per heavy atom. The first-order chi connectivity index (χ1) is 14.4. The number of unbranched alkanes of at least 4 members (excludes halogenated alkanes) is 1. The number of nitro benzene ring substituents is 1. The lowest BCUT2D eigenvalue weighted by molar-refractivity contribution is -0.384. The number of aliphatic hydroxyl groups is 2. The summed E-state index contributed by atoms with van der Waals surface area (Å²) in [6.07, 6.45) is 0.697. The number of nitro groups is 1. The van der Waals surface area contributed by atoms with Crippen molar-refractivity contribution in [2.45, 2.75) is 31.9 Å². The van der Waals surface area contributed by atoms with Crippen molar-refractivity contribution in [2.24, 2.45) is 0 Å². The van der Waals surface area contributed by atoms with Gasteiger partial charge in [-0.15, -0.1) is 0 Å². The van der Waals surface area contributed by atoms with Crippen molar-refractivity contribution >= 4 is 22.2 Å². The zero-order valence-electron chi connectivity index (χ0n) is 16.1. The van der Waals surface area contributed by atoms with Crippen molar-refractivity contribution in [2.75, 3.05) is 6.61 Å². The predicted octanol–water partition coefficient (Wildman–Crippen LogP) is 2.64. The molecule has 0 fully saturated rings. The van der Waals surface area contributed by atoms with Crippen LogP contribution in [-0.2, 0) is 6.54 Å². The second kappa shape index (κ2) is 7.81. The Labute approximate surface area is 171 Å².